The molecule has 396 valence electrons. The van der Waals surface area contributed by atoms with Gasteiger partial charge in [0.05, 0.1) is 77.8 Å². The topological polar surface area (TPSA) is 160 Å². The van der Waals surface area contributed by atoms with Crippen molar-refractivity contribution < 1.29 is 72.4 Å². The summed E-state index contributed by atoms with van der Waals surface area (Å²) in [5, 5.41) is 3.80. The van der Waals surface area contributed by atoms with Crippen LogP contribution in [0, 0.1) is 40.7 Å². The third kappa shape index (κ3) is 10.9. The predicted octanol–water partition coefficient (Wildman–Crippen LogP) is 11.5. The molecule has 8 aromatic rings. The van der Waals surface area contributed by atoms with Gasteiger partial charge in [0.15, 0.2) is 23.3 Å². The van der Waals surface area contributed by atoms with Crippen LogP contribution < -0.4 is 39.9 Å². The molecule has 2 aromatic heterocycles. The second-order valence-corrected chi connectivity index (χ2v) is 16.9. The minimum Gasteiger partial charge on any atom is -0.451 e. The van der Waals surface area contributed by atoms with E-state index in [1.54, 1.807) is 0 Å². The number of morpholine rings is 2. The number of fused-ring (bicyclic) bond motifs is 2. The molecule has 4 amide bonds. The summed E-state index contributed by atoms with van der Waals surface area (Å²) < 4.78 is 176. The fraction of sp³-hybridized carbons (Fsp3) is 0.176. The molecule has 0 aliphatic carbocycles. The van der Waals surface area contributed by atoms with Crippen LogP contribution in [0.25, 0.3) is 22.1 Å². The van der Waals surface area contributed by atoms with E-state index >= 15 is 30.7 Å². The van der Waals surface area contributed by atoms with Crippen LogP contribution in [-0.2, 0) is 15.7 Å². The lowest BCUT2D eigenvalue weighted by Crippen LogP contribution is -2.54. The second-order valence-electron chi connectivity index (χ2n) is 16.9. The molecule has 2 aliphatic heterocycles. The van der Waals surface area contributed by atoms with E-state index < -0.39 is 98.8 Å². The average molecular weight is 1070 g/mol. The van der Waals surface area contributed by atoms with E-state index in [9.17, 15) is 22.8 Å². The second kappa shape index (κ2) is 21.3. The van der Waals surface area contributed by atoms with Crippen molar-refractivity contribution in [2.75, 3.05) is 83.1 Å². The van der Waals surface area contributed by atoms with Crippen molar-refractivity contribution in [3.8, 4) is 23.0 Å². The summed E-state index contributed by atoms with van der Waals surface area (Å²) in [7, 11) is 0. The van der Waals surface area contributed by atoms with E-state index in [2.05, 4.69) is 19.9 Å². The first-order chi connectivity index (χ1) is 37.0. The number of urea groups is 2. The summed E-state index contributed by atoms with van der Waals surface area (Å²) in [6.45, 7) is 3.54. The molecule has 16 nitrogen and oxygen atoms in total. The van der Waals surface area contributed by atoms with Gasteiger partial charge in [0, 0.05) is 56.1 Å². The molecule has 0 saturated carbocycles. The number of benzene rings is 6. The molecule has 6 aromatic carbocycles. The number of rotatable bonds is 10. The molecule has 0 radical (unpaired) electrons. The van der Waals surface area contributed by atoms with Gasteiger partial charge in [-0.1, -0.05) is 12.1 Å². The van der Waals surface area contributed by atoms with Crippen molar-refractivity contribution >= 4 is 68.5 Å². The molecule has 26 heteroatoms. The number of alkyl halides is 3. The molecule has 10 rings (SSSR count). The Morgan fingerprint density at radius 1 is 0.558 bits per heavy atom. The lowest BCUT2D eigenvalue weighted by Gasteiger charge is -2.35. The van der Waals surface area contributed by atoms with Gasteiger partial charge in [0.1, 0.15) is 34.6 Å². The molecule has 2 saturated heterocycles. The largest absolute Gasteiger partial charge is 0.451 e. The summed E-state index contributed by atoms with van der Waals surface area (Å²) in [4.78, 5) is 50.9. The highest BCUT2D eigenvalue weighted by molar-refractivity contribution is 6.13. The Morgan fingerprint density at radius 3 is 1.65 bits per heavy atom. The monoisotopic (exact) mass is 1070 g/mol. The Labute approximate surface area is 428 Å². The molecule has 0 atom stereocenters. The van der Waals surface area contributed by atoms with Gasteiger partial charge in [0.25, 0.3) is 0 Å². The van der Waals surface area contributed by atoms with Crippen LogP contribution >= 0.6 is 0 Å². The van der Waals surface area contributed by atoms with E-state index in [4.69, 9.17) is 18.9 Å². The van der Waals surface area contributed by atoms with E-state index in [0.717, 1.165) is 30.3 Å². The van der Waals surface area contributed by atoms with E-state index in [-0.39, 0.29) is 44.7 Å². The molecule has 0 spiro atoms. The molecule has 0 bridgehead atoms. The first kappa shape index (κ1) is 51.4. The van der Waals surface area contributed by atoms with Crippen LogP contribution in [-0.4, -0.2) is 84.6 Å². The Hall–Kier alpha value is -9.04. The van der Waals surface area contributed by atoms with Crippen LogP contribution in [0.1, 0.15) is 5.56 Å². The first-order valence-electron chi connectivity index (χ1n) is 23.0. The van der Waals surface area contributed by atoms with Crippen LogP contribution in [0.2, 0.25) is 0 Å². The van der Waals surface area contributed by atoms with Gasteiger partial charge in [0.2, 0.25) is 23.1 Å². The maximum Gasteiger partial charge on any atom is 0.416 e. The van der Waals surface area contributed by atoms with Crippen LogP contribution in [0.5, 0.6) is 23.0 Å². The summed E-state index contributed by atoms with van der Waals surface area (Å²) in [6, 6.07) is 10.2. The maximum atomic E-state index is 17.3. The molecule has 77 heavy (non-hydrogen) atoms. The maximum absolute atomic E-state index is 17.3. The standard InChI is InChI=1S/C51H36F10N10O6/c52-28-4-2-6-30(20-28)70(50(73)67-39-23-33(53)43(55)47(45(39)57)76-31-7-9-35-37(21-31)65-41(25-62-35)68-11-15-74-16-12-68)71(49(72)64-29-5-1-3-27(19-29)51(59,60)61)40-24-34(54)44(56)48(46(40)58)77-32-8-10-36-38(22-32)66-42(26-63-36)69-13-17-75-18-14-69/h1-10,19-26H,11-18H2,(H,64,72)(H,67,73). The molecule has 2 N–H and O–H groups in total. The number of nitrogens with zero attached hydrogens (tertiary/aromatic N) is 8. The molecule has 2 fully saturated rings. The fourth-order valence-electron chi connectivity index (χ4n) is 8.15. The summed E-state index contributed by atoms with van der Waals surface area (Å²) in [5.74, 6) is -15.4. The highest BCUT2D eigenvalue weighted by atomic mass is 19.4. The zero-order valence-electron chi connectivity index (χ0n) is 39.4. The third-order valence-electron chi connectivity index (χ3n) is 11.9. The zero-order chi connectivity index (χ0) is 54.1. The van der Waals surface area contributed by atoms with Gasteiger partial charge in [-0.05, 0) is 60.7 Å². The van der Waals surface area contributed by atoms with Gasteiger partial charge in [-0.3, -0.25) is 9.97 Å². The van der Waals surface area contributed by atoms with Crippen molar-refractivity contribution in [3.63, 3.8) is 0 Å². The summed E-state index contributed by atoms with van der Waals surface area (Å²) >= 11 is 0. The smallest absolute Gasteiger partial charge is 0.416 e. The number of hydrogen-bond donors (Lipinski definition) is 2. The Kier molecular flexibility index (Phi) is 14.2. The molecular weight excluding hydrogens is 1040 g/mol. The first-order valence-corrected chi connectivity index (χ1v) is 23.0. The van der Waals surface area contributed by atoms with E-state index in [1.165, 1.54) is 48.8 Å². The van der Waals surface area contributed by atoms with Crippen molar-refractivity contribution in [1.29, 1.82) is 0 Å². The molecule has 0 unspecified atom stereocenters. The highest BCUT2D eigenvalue weighted by Gasteiger charge is 2.37. The summed E-state index contributed by atoms with van der Waals surface area (Å²) in [5.41, 5.74) is -4.49. The summed E-state index contributed by atoms with van der Waals surface area (Å²) in [6.07, 6.45) is -1.99. The SMILES string of the molecule is O=C(Nc1cc(F)c(F)c(Oc2ccc3ncc(N4CCOCC4)nc3c2)c1F)N(c1cccc(F)c1)N(C(=O)Nc1cccc(C(F)(F)F)c1)c1cc(F)c(F)c(Oc2ccc3ncc(N4CCOCC4)nc3c2)c1F. The van der Waals surface area contributed by atoms with Gasteiger partial charge >= 0.3 is 18.2 Å². The number of carbonyl (C=O) groups excluding carboxylic acids is 2. The number of nitrogens with one attached hydrogen (secondary N) is 2. The number of ether oxygens (including phenoxy) is 4. The van der Waals surface area contributed by atoms with Gasteiger partial charge in [-0.15, -0.1) is 0 Å². The Morgan fingerprint density at radius 2 is 1.09 bits per heavy atom. The molecule has 2 aliphatic rings. The van der Waals surface area contributed by atoms with Crippen molar-refractivity contribution in [3.05, 3.63) is 156 Å². The van der Waals surface area contributed by atoms with Crippen LogP contribution in [0.15, 0.2) is 109 Å². The number of halogens is 10. The Bertz CT molecular complexity index is 3590. The van der Waals surface area contributed by atoms with Crippen molar-refractivity contribution in [2.45, 2.75) is 6.18 Å². The van der Waals surface area contributed by atoms with E-state index in [1.807, 2.05) is 20.4 Å². The van der Waals surface area contributed by atoms with Gasteiger partial charge < -0.3 is 39.4 Å². The van der Waals surface area contributed by atoms with Gasteiger partial charge in [-0.25, -0.2) is 41.5 Å². The minimum absolute atomic E-state index is 0.0135. The number of amides is 4. The normalized spacial score (nSPS) is 13.9. The number of hydrogen-bond acceptors (Lipinski definition) is 12. The minimum atomic E-state index is -4.99. The lowest BCUT2D eigenvalue weighted by molar-refractivity contribution is -0.137. The van der Waals surface area contributed by atoms with E-state index in [0.29, 0.717) is 93.5 Å². The zero-order valence-corrected chi connectivity index (χ0v) is 39.4. The Balaban J connectivity index is 1.05. The highest BCUT2D eigenvalue weighted by Crippen LogP contribution is 2.40. The van der Waals surface area contributed by atoms with Crippen LogP contribution in [0.3, 0.4) is 0 Å². The lowest BCUT2D eigenvalue weighted by atomic mass is 10.2. The third-order valence-corrected chi connectivity index (χ3v) is 11.9. The quantitative estimate of drug-likeness (QED) is 0.0759. The number of carbonyl (C=O) groups is 2. The van der Waals surface area contributed by atoms with Crippen molar-refractivity contribution in [1.82, 2.24) is 19.9 Å². The fourth-order valence-corrected chi connectivity index (χ4v) is 8.15. The molecule has 4 heterocycles. The van der Waals surface area contributed by atoms with Gasteiger partial charge in [-0.2, -0.15) is 32.0 Å². The van der Waals surface area contributed by atoms with Crippen LogP contribution in [0.4, 0.5) is 87.9 Å². The number of anilines is 6. The number of hydrazine groups is 1. The van der Waals surface area contributed by atoms with Crippen molar-refractivity contribution in [2.24, 2.45) is 0 Å². The predicted molar refractivity (Wildman–Crippen MR) is 259 cm³/mol. The molecular formula is C51H36F10N10O6. The number of aromatic nitrogens is 4. The average Bonchev–Trinajstić information content (AvgIpc) is 3.42.